The number of carbonyl (C=O) groups is 2. The summed E-state index contributed by atoms with van der Waals surface area (Å²) in [6.07, 6.45) is 2.81. The highest BCUT2D eigenvalue weighted by atomic mass is 79.9. The average molecular weight is 466 g/mol. The number of hydrogen-bond acceptors (Lipinski definition) is 5. The van der Waals surface area contributed by atoms with E-state index in [0.717, 1.165) is 45.3 Å². The number of amides is 1. The summed E-state index contributed by atoms with van der Waals surface area (Å²) in [7, 11) is 1.36. The van der Waals surface area contributed by atoms with Crippen LogP contribution in [0.4, 0.5) is 5.00 Å². The molecule has 0 saturated carbocycles. The number of anilines is 1. The standard InChI is InChI=1S/C21H24BrNO4S/c1-11(2)14-9-15(22)12(3)8-16(14)27-10-18(24)23-20-19(21(25)26-4)13-6-5-7-17(13)28-20/h8-9,11H,5-7,10H2,1-4H3,(H,23,24). The van der Waals surface area contributed by atoms with Crippen LogP contribution in [0.25, 0.3) is 0 Å². The van der Waals surface area contributed by atoms with Crippen LogP contribution >= 0.6 is 27.3 Å². The molecule has 1 aliphatic rings. The molecule has 2 aromatic rings. The molecule has 1 amide bonds. The zero-order chi connectivity index (χ0) is 20.4. The molecule has 0 atom stereocenters. The Labute approximate surface area is 177 Å². The molecule has 1 aromatic carbocycles. The van der Waals surface area contributed by atoms with Gasteiger partial charge in [-0.05, 0) is 60.9 Å². The maximum absolute atomic E-state index is 12.5. The third-order valence-electron chi connectivity index (χ3n) is 4.84. The Bertz CT molecular complexity index is 920. The van der Waals surface area contributed by atoms with Crippen molar-refractivity contribution in [2.24, 2.45) is 0 Å². The number of esters is 1. The van der Waals surface area contributed by atoms with Gasteiger partial charge in [-0.25, -0.2) is 4.79 Å². The lowest BCUT2D eigenvalue weighted by atomic mass is 10.0. The molecule has 0 aliphatic heterocycles. The second-order valence-electron chi connectivity index (χ2n) is 7.18. The van der Waals surface area contributed by atoms with Crippen LogP contribution in [0.1, 0.15) is 58.1 Å². The van der Waals surface area contributed by atoms with Crippen LogP contribution in [0.3, 0.4) is 0 Å². The number of nitrogens with one attached hydrogen (secondary N) is 1. The second kappa shape index (κ2) is 8.66. The molecular weight excluding hydrogens is 442 g/mol. The number of methoxy groups -OCH3 is 1. The summed E-state index contributed by atoms with van der Waals surface area (Å²) in [5, 5.41) is 3.40. The van der Waals surface area contributed by atoms with Crippen molar-refractivity contribution in [3.8, 4) is 5.75 Å². The van der Waals surface area contributed by atoms with Gasteiger partial charge in [0.1, 0.15) is 10.8 Å². The van der Waals surface area contributed by atoms with Crippen molar-refractivity contribution in [2.75, 3.05) is 19.0 Å². The van der Waals surface area contributed by atoms with Gasteiger partial charge in [-0.2, -0.15) is 0 Å². The van der Waals surface area contributed by atoms with Crippen LogP contribution in [0.2, 0.25) is 0 Å². The Morgan fingerprint density at radius 3 is 2.71 bits per heavy atom. The molecule has 5 nitrogen and oxygen atoms in total. The number of fused-ring (bicyclic) bond motifs is 1. The molecule has 1 N–H and O–H groups in total. The van der Waals surface area contributed by atoms with Gasteiger partial charge in [-0.15, -0.1) is 11.3 Å². The Morgan fingerprint density at radius 2 is 2.04 bits per heavy atom. The first-order valence-electron chi connectivity index (χ1n) is 9.27. The summed E-state index contributed by atoms with van der Waals surface area (Å²) in [6.45, 7) is 6.03. The van der Waals surface area contributed by atoms with Crippen molar-refractivity contribution in [1.82, 2.24) is 0 Å². The number of hydrogen-bond donors (Lipinski definition) is 1. The average Bonchev–Trinajstić information content (AvgIpc) is 3.22. The van der Waals surface area contributed by atoms with E-state index in [4.69, 9.17) is 9.47 Å². The van der Waals surface area contributed by atoms with Crippen LogP contribution in [-0.4, -0.2) is 25.6 Å². The van der Waals surface area contributed by atoms with E-state index in [2.05, 4.69) is 35.1 Å². The van der Waals surface area contributed by atoms with E-state index in [1.54, 1.807) is 0 Å². The quantitative estimate of drug-likeness (QED) is 0.592. The number of aryl methyl sites for hydroxylation is 2. The van der Waals surface area contributed by atoms with Gasteiger partial charge in [0, 0.05) is 9.35 Å². The maximum Gasteiger partial charge on any atom is 0.341 e. The number of rotatable bonds is 6. The third kappa shape index (κ3) is 4.25. The van der Waals surface area contributed by atoms with E-state index >= 15 is 0 Å². The van der Waals surface area contributed by atoms with Crippen LogP contribution in [0, 0.1) is 6.92 Å². The zero-order valence-corrected chi connectivity index (χ0v) is 18.9. The minimum atomic E-state index is -0.402. The molecule has 28 heavy (non-hydrogen) atoms. The monoisotopic (exact) mass is 465 g/mol. The van der Waals surface area contributed by atoms with Crippen LogP contribution < -0.4 is 10.1 Å². The minimum Gasteiger partial charge on any atom is -0.483 e. The summed E-state index contributed by atoms with van der Waals surface area (Å²) >= 11 is 5.01. The predicted molar refractivity (Wildman–Crippen MR) is 115 cm³/mol. The van der Waals surface area contributed by atoms with Gasteiger partial charge >= 0.3 is 5.97 Å². The van der Waals surface area contributed by atoms with Gasteiger partial charge in [-0.1, -0.05) is 29.8 Å². The molecule has 0 unspecified atom stereocenters. The molecule has 150 valence electrons. The Morgan fingerprint density at radius 1 is 1.29 bits per heavy atom. The first-order valence-corrected chi connectivity index (χ1v) is 10.9. The molecule has 0 saturated heterocycles. The van der Waals surface area contributed by atoms with Crippen molar-refractivity contribution in [2.45, 2.75) is 46.0 Å². The molecule has 0 fully saturated rings. The van der Waals surface area contributed by atoms with E-state index in [0.29, 0.717) is 16.3 Å². The van der Waals surface area contributed by atoms with Gasteiger partial charge in [-0.3, -0.25) is 4.79 Å². The summed E-state index contributed by atoms with van der Waals surface area (Å²) in [5.41, 5.74) is 3.59. The van der Waals surface area contributed by atoms with Crippen LogP contribution in [-0.2, 0) is 22.4 Å². The molecule has 1 heterocycles. The second-order valence-corrected chi connectivity index (χ2v) is 9.14. The van der Waals surface area contributed by atoms with Gasteiger partial charge in [0.2, 0.25) is 0 Å². The van der Waals surface area contributed by atoms with Gasteiger partial charge in [0.05, 0.1) is 12.7 Å². The molecular formula is C21H24BrNO4S. The molecule has 3 rings (SSSR count). The van der Waals surface area contributed by atoms with Gasteiger partial charge in [0.25, 0.3) is 5.91 Å². The Hall–Kier alpha value is -1.86. The first-order chi connectivity index (χ1) is 13.3. The molecule has 1 aromatic heterocycles. The van der Waals surface area contributed by atoms with Crippen molar-refractivity contribution >= 4 is 44.1 Å². The van der Waals surface area contributed by atoms with Crippen molar-refractivity contribution in [1.29, 1.82) is 0 Å². The van der Waals surface area contributed by atoms with Crippen LogP contribution in [0.15, 0.2) is 16.6 Å². The summed E-state index contributed by atoms with van der Waals surface area (Å²) in [5.74, 6) is 0.274. The van der Waals surface area contributed by atoms with Crippen molar-refractivity contribution in [3.05, 3.63) is 43.7 Å². The Kier molecular flexibility index (Phi) is 6.45. The topological polar surface area (TPSA) is 64.6 Å². The molecule has 0 spiro atoms. The summed E-state index contributed by atoms with van der Waals surface area (Å²) < 4.78 is 11.8. The van der Waals surface area contributed by atoms with E-state index in [9.17, 15) is 9.59 Å². The lowest BCUT2D eigenvalue weighted by Crippen LogP contribution is -2.21. The SMILES string of the molecule is COC(=O)c1c(NC(=O)COc2cc(C)c(Br)cc2C(C)C)sc2c1CCC2. The first kappa shape index (κ1) is 20.9. The zero-order valence-electron chi connectivity index (χ0n) is 16.5. The van der Waals surface area contributed by atoms with Gasteiger partial charge < -0.3 is 14.8 Å². The fourth-order valence-electron chi connectivity index (χ4n) is 3.36. The highest BCUT2D eigenvalue weighted by molar-refractivity contribution is 9.10. The van der Waals surface area contributed by atoms with E-state index in [1.807, 2.05) is 19.1 Å². The summed E-state index contributed by atoms with van der Waals surface area (Å²) in [4.78, 5) is 25.9. The predicted octanol–water partition coefficient (Wildman–Crippen LogP) is 5.24. The lowest BCUT2D eigenvalue weighted by molar-refractivity contribution is -0.118. The molecule has 0 radical (unpaired) electrons. The third-order valence-corrected chi connectivity index (χ3v) is 6.90. The van der Waals surface area contributed by atoms with Gasteiger partial charge in [0.15, 0.2) is 6.61 Å². The minimum absolute atomic E-state index is 0.121. The fourth-order valence-corrected chi connectivity index (χ4v) is 5.02. The number of thiophene rings is 1. The fraction of sp³-hybridized carbons (Fsp3) is 0.429. The highest BCUT2D eigenvalue weighted by Crippen LogP contribution is 2.39. The van der Waals surface area contributed by atoms with E-state index < -0.39 is 5.97 Å². The highest BCUT2D eigenvalue weighted by Gasteiger charge is 2.28. The number of carbonyl (C=O) groups excluding carboxylic acids is 2. The molecule has 0 bridgehead atoms. The molecule has 1 aliphatic carbocycles. The van der Waals surface area contributed by atoms with Crippen molar-refractivity contribution in [3.63, 3.8) is 0 Å². The molecule has 7 heteroatoms. The smallest absolute Gasteiger partial charge is 0.341 e. The van der Waals surface area contributed by atoms with Crippen molar-refractivity contribution < 1.29 is 19.1 Å². The number of benzene rings is 1. The number of halogens is 1. The normalized spacial score (nSPS) is 12.8. The summed E-state index contributed by atoms with van der Waals surface area (Å²) in [6, 6.07) is 3.97. The maximum atomic E-state index is 12.5. The lowest BCUT2D eigenvalue weighted by Gasteiger charge is -2.16. The van der Waals surface area contributed by atoms with E-state index in [-0.39, 0.29) is 18.4 Å². The van der Waals surface area contributed by atoms with Crippen LogP contribution in [0.5, 0.6) is 5.75 Å². The Balaban J connectivity index is 1.74. The number of ether oxygens (including phenoxy) is 2. The van der Waals surface area contributed by atoms with E-state index in [1.165, 1.54) is 18.4 Å². The largest absolute Gasteiger partial charge is 0.483 e.